The van der Waals surface area contributed by atoms with Crippen molar-refractivity contribution in [3.63, 3.8) is 0 Å². The van der Waals surface area contributed by atoms with Gasteiger partial charge in [0.05, 0.1) is 7.11 Å². The molecule has 2 N–H and O–H groups in total. The topological polar surface area (TPSA) is 82.3 Å². The number of nitrogens with two attached hydrogens (primary N) is 1. The maximum Gasteiger partial charge on any atom is 0.284 e. The molecule has 1 aromatic heterocycles. The van der Waals surface area contributed by atoms with Gasteiger partial charge in [0, 0.05) is 6.07 Å². The molecule has 1 aromatic rings. The van der Waals surface area contributed by atoms with Crippen molar-refractivity contribution in [2.75, 3.05) is 7.11 Å². The highest BCUT2D eigenvalue weighted by atomic mass is 32.2. The summed E-state index contributed by atoms with van der Waals surface area (Å²) in [6.45, 7) is 0. The molecule has 9 heteroatoms. The van der Waals surface area contributed by atoms with E-state index in [1.54, 1.807) is 0 Å². The van der Waals surface area contributed by atoms with Crippen LogP contribution >= 0.6 is 0 Å². The lowest BCUT2D eigenvalue weighted by molar-refractivity contribution is 0.139. The minimum Gasteiger partial charge on any atom is -0.492 e. The zero-order valence-electron chi connectivity index (χ0n) is 7.95. The fraction of sp³-hybridized carbons (Fsp3) is 0.286. The zero-order valence-corrected chi connectivity index (χ0v) is 8.76. The van der Waals surface area contributed by atoms with E-state index < -0.39 is 38.7 Å². The fourth-order valence-corrected chi connectivity index (χ4v) is 1.49. The zero-order chi connectivity index (χ0) is 12.5. The summed E-state index contributed by atoms with van der Waals surface area (Å²) in [5.74, 6) is -2.07. The molecule has 1 heterocycles. The van der Waals surface area contributed by atoms with Gasteiger partial charge in [0.15, 0.2) is 22.3 Å². The second-order valence-electron chi connectivity index (χ2n) is 2.71. The van der Waals surface area contributed by atoms with E-state index in [-0.39, 0.29) is 0 Å². The molecule has 16 heavy (non-hydrogen) atoms. The quantitative estimate of drug-likeness (QED) is 0.867. The predicted octanol–water partition coefficient (Wildman–Crippen LogP) is 0.814. The van der Waals surface area contributed by atoms with E-state index in [0.29, 0.717) is 6.07 Å². The third kappa shape index (κ3) is 2.42. The van der Waals surface area contributed by atoms with Crippen molar-refractivity contribution in [3.8, 4) is 5.75 Å². The summed E-state index contributed by atoms with van der Waals surface area (Å²) in [6, 6.07) is 0.417. The molecule has 0 amide bonds. The monoisotopic (exact) mass is 256 g/mol. The number of hydrogen-bond acceptors (Lipinski definition) is 4. The van der Waals surface area contributed by atoms with Gasteiger partial charge in [0.1, 0.15) is 0 Å². The van der Waals surface area contributed by atoms with Crippen molar-refractivity contribution < 1.29 is 26.3 Å². The Bertz CT molecular complexity index is 504. The molecule has 0 aromatic carbocycles. The molecule has 0 aliphatic carbocycles. The van der Waals surface area contributed by atoms with Crippen LogP contribution in [0.4, 0.5) is 13.2 Å². The summed E-state index contributed by atoms with van der Waals surface area (Å²) in [7, 11) is -3.39. The van der Waals surface area contributed by atoms with Crippen molar-refractivity contribution in [2.45, 2.75) is 11.5 Å². The molecule has 0 unspecified atom stereocenters. The molecule has 0 fully saturated rings. The number of hydrogen-bond donors (Lipinski definition) is 1. The van der Waals surface area contributed by atoms with Gasteiger partial charge in [-0.1, -0.05) is 0 Å². The lowest BCUT2D eigenvalue weighted by atomic mass is 10.3. The lowest BCUT2D eigenvalue weighted by Crippen LogP contribution is -2.16. The van der Waals surface area contributed by atoms with Gasteiger partial charge in [-0.2, -0.15) is 0 Å². The Morgan fingerprint density at radius 1 is 1.50 bits per heavy atom. The molecule has 0 bridgehead atoms. The second kappa shape index (κ2) is 4.26. The summed E-state index contributed by atoms with van der Waals surface area (Å²) in [4.78, 5) is 3.05. The van der Waals surface area contributed by atoms with Gasteiger partial charge in [0.25, 0.3) is 16.4 Å². The Balaban J connectivity index is 3.52. The number of halogens is 3. The highest BCUT2D eigenvalue weighted by Gasteiger charge is 2.24. The molecule has 0 aliphatic heterocycles. The van der Waals surface area contributed by atoms with Crippen LogP contribution < -0.4 is 9.88 Å². The van der Waals surface area contributed by atoms with Crippen LogP contribution in [0, 0.1) is 5.82 Å². The molecule has 0 aliphatic rings. The number of pyridine rings is 1. The summed E-state index contributed by atoms with van der Waals surface area (Å²) >= 11 is 0. The number of primary sulfonamides is 1. The standard InChI is InChI=1S/C7H7F3N2O3S/c1-15-6-3(8)2-4(16(11,13)14)12-5(6)7(9)10/h2,7H,1H3,(H2,11,13,14). The minimum absolute atomic E-state index is 0.417. The molecule has 0 spiro atoms. The summed E-state index contributed by atoms with van der Waals surface area (Å²) in [5.41, 5.74) is -1.11. The van der Waals surface area contributed by atoms with Gasteiger partial charge < -0.3 is 4.74 Å². The number of sulfonamides is 1. The summed E-state index contributed by atoms with van der Waals surface area (Å²) < 4.78 is 64.0. The van der Waals surface area contributed by atoms with Crippen LogP contribution in [0.25, 0.3) is 0 Å². The molecular formula is C7H7F3N2O3S. The van der Waals surface area contributed by atoms with Crippen molar-refractivity contribution in [2.24, 2.45) is 5.14 Å². The van der Waals surface area contributed by atoms with Crippen molar-refractivity contribution in [3.05, 3.63) is 17.6 Å². The molecule has 0 saturated heterocycles. The second-order valence-corrected chi connectivity index (χ2v) is 4.21. The number of nitrogens with zero attached hydrogens (tertiary/aromatic N) is 1. The number of aromatic nitrogens is 1. The minimum atomic E-state index is -4.35. The average Bonchev–Trinajstić information content (AvgIpc) is 2.14. The SMILES string of the molecule is COc1c(F)cc(S(N)(=O)=O)nc1C(F)F. The Hall–Kier alpha value is -1.35. The molecular weight excluding hydrogens is 249 g/mol. The molecule has 0 saturated carbocycles. The van der Waals surface area contributed by atoms with E-state index in [1.165, 1.54) is 0 Å². The van der Waals surface area contributed by atoms with Crippen LogP contribution in [0.3, 0.4) is 0 Å². The fourth-order valence-electron chi connectivity index (χ4n) is 0.994. The maximum absolute atomic E-state index is 13.2. The van der Waals surface area contributed by atoms with Crippen LogP contribution in [-0.2, 0) is 10.0 Å². The smallest absolute Gasteiger partial charge is 0.284 e. The molecule has 0 atom stereocenters. The molecule has 90 valence electrons. The van der Waals surface area contributed by atoms with Gasteiger partial charge in [-0.15, -0.1) is 0 Å². The lowest BCUT2D eigenvalue weighted by Gasteiger charge is -2.09. The van der Waals surface area contributed by atoms with Crippen LogP contribution in [0.2, 0.25) is 0 Å². The van der Waals surface area contributed by atoms with Crippen LogP contribution in [0.5, 0.6) is 5.75 Å². The molecule has 0 radical (unpaired) electrons. The first kappa shape index (κ1) is 12.7. The van der Waals surface area contributed by atoms with Crippen LogP contribution in [0.1, 0.15) is 12.1 Å². The van der Waals surface area contributed by atoms with E-state index in [2.05, 4.69) is 14.9 Å². The summed E-state index contributed by atoms with van der Waals surface area (Å²) in [6.07, 6.45) is -3.17. The van der Waals surface area contributed by atoms with E-state index in [1.807, 2.05) is 0 Å². The Morgan fingerprint density at radius 3 is 2.44 bits per heavy atom. The maximum atomic E-state index is 13.2. The van der Waals surface area contributed by atoms with Crippen molar-refractivity contribution in [1.29, 1.82) is 0 Å². The number of alkyl halides is 2. The van der Waals surface area contributed by atoms with E-state index in [9.17, 15) is 21.6 Å². The Kier molecular flexibility index (Phi) is 3.38. The van der Waals surface area contributed by atoms with Crippen LogP contribution in [-0.4, -0.2) is 20.5 Å². The van der Waals surface area contributed by atoms with Crippen molar-refractivity contribution in [1.82, 2.24) is 4.98 Å². The Morgan fingerprint density at radius 2 is 2.06 bits per heavy atom. The van der Waals surface area contributed by atoms with E-state index in [0.717, 1.165) is 7.11 Å². The predicted molar refractivity (Wildman–Crippen MR) is 47.1 cm³/mol. The first-order valence-electron chi connectivity index (χ1n) is 3.82. The number of rotatable bonds is 3. The van der Waals surface area contributed by atoms with E-state index in [4.69, 9.17) is 0 Å². The molecule has 1 rings (SSSR count). The summed E-state index contributed by atoms with van der Waals surface area (Å²) in [5, 5.41) is 3.67. The average molecular weight is 256 g/mol. The highest BCUT2D eigenvalue weighted by molar-refractivity contribution is 7.89. The third-order valence-electron chi connectivity index (χ3n) is 1.63. The van der Waals surface area contributed by atoms with Gasteiger partial charge in [-0.05, 0) is 0 Å². The van der Waals surface area contributed by atoms with E-state index >= 15 is 0 Å². The first-order chi connectivity index (χ1) is 7.27. The number of ether oxygens (including phenoxy) is 1. The van der Waals surface area contributed by atoms with Crippen LogP contribution in [0.15, 0.2) is 11.1 Å². The Labute approximate surface area is 89.1 Å². The largest absolute Gasteiger partial charge is 0.492 e. The number of methoxy groups -OCH3 is 1. The molecule has 5 nitrogen and oxygen atoms in total. The van der Waals surface area contributed by atoms with Gasteiger partial charge >= 0.3 is 0 Å². The first-order valence-corrected chi connectivity index (χ1v) is 5.37. The van der Waals surface area contributed by atoms with Gasteiger partial charge in [0.2, 0.25) is 0 Å². The third-order valence-corrected chi connectivity index (χ3v) is 2.42. The van der Waals surface area contributed by atoms with Gasteiger partial charge in [-0.3, -0.25) is 0 Å². The highest BCUT2D eigenvalue weighted by Crippen LogP contribution is 2.30. The normalized spacial score (nSPS) is 11.9. The van der Waals surface area contributed by atoms with Crippen molar-refractivity contribution >= 4 is 10.0 Å². The van der Waals surface area contributed by atoms with Gasteiger partial charge in [-0.25, -0.2) is 31.7 Å².